The molecule has 0 radical (unpaired) electrons. The van der Waals surface area contributed by atoms with Gasteiger partial charge in [0.25, 0.3) is 11.8 Å². The van der Waals surface area contributed by atoms with Crippen LogP contribution in [0.25, 0.3) is 0 Å². The van der Waals surface area contributed by atoms with Crippen LogP contribution in [0.1, 0.15) is 46.4 Å². The van der Waals surface area contributed by atoms with E-state index in [-0.39, 0.29) is 30.4 Å². The zero-order chi connectivity index (χ0) is 23.1. The van der Waals surface area contributed by atoms with Crippen molar-refractivity contribution in [2.75, 3.05) is 23.7 Å². The first kappa shape index (κ1) is 21.0. The molecule has 3 aliphatic rings. The molecule has 9 nitrogen and oxygen atoms in total. The van der Waals surface area contributed by atoms with Crippen molar-refractivity contribution in [1.29, 1.82) is 0 Å². The van der Waals surface area contributed by atoms with Crippen molar-refractivity contribution in [2.45, 2.75) is 37.8 Å². The number of nitrogens with two attached hydrogens (primary N) is 1. The Balaban J connectivity index is 1.27. The molecule has 2 fully saturated rings. The average Bonchev–Trinajstić information content (AvgIpc) is 3.06. The van der Waals surface area contributed by atoms with Crippen LogP contribution >= 0.6 is 0 Å². The highest BCUT2D eigenvalue weighted by molar-refractivity contribution is 6.23. The number of nitrogen functional groups attached to an aromatic ring is 1. The number of rotatable bonds is 4. The van der Waals surface area contributed by atoms with Gasteiger partial charge in [-0.2, -0.15) is 0 Å². The standard InChI is InChI=1S/C24H24N4O5/c25-14-1-4-16(5-2-14)33-17-9-11-27(12-10-17)15-3-6-18-19(13-15)24(32)28(23(18)31)20-7-8-21(29)26-22(20)30/h1-6,13,17,20H,7-12,25H2,(H,26,29,30). The summed E-state index contributed by atoms with van der Waals surface area (Å²) in [7, 11) is 0. The Labute approximate surface area is 190 Å². The zero-order valence-corrected chi connectivity index (χ0v) is 18.0. The third kappa shape index (κ3) is 3.90. The normalized spacial score (nSPS) is 21.3. The van der Waals surface area contributed by atoms with Gasteiger partial charge in [0.1, 0.15) is 17.9 Å². The molecule has 0 saturated carbocycles. The van der Waals surface area contributed by atoms with Crippen molar-refractivity contribution in [2.24, 2.45) is 0 Å². The summed E-state index contributed by atoms with van der Waals surface area (Å²) >= 11 is 0. The van der Waals surface area contributed by atoms with Crippen LogP contribution < -0.4 is 20.7 Å². The minimum Gasteiger partial charge on any atom is -0.490 e. The molecule has 0 aliphatic carbocycles. The van der Waals surface area contributed by atoms with E-state index in [4.69, 9.17) is 10.5 Å². The number of amides is 4. The monoisotopic (exact) mass is 448 g/mol. The molecule has 1 unspecified atom stereocenters. The van der Waals surface area contributed by atoms with E-state index in [0.717, 1.165) is 42.3 Å². The lowest BCUT2D eigenvalue weighted by Gasteiger charge is -2.34. The second-order valence-corrected chi connectivity index (χ2v) is 8.55. The number of hydrogen-bond donors (Lipinski definition) is 2. The van der Waals surface area contributed by atoms with Gasteiger partial charge in [-0.1, -0.05) is 0 Å². The molecule has 9 heteroatoms. The van der Waals surface area contributed by atoms with Gasteiger partial charge in [0, 0.05) is 43.7 Å². The fourth-order valence-corrected chi connectivity index (χ4v) is 4.63. The van der Waals surface area contributed by atoms with Crippen LogP contribution in [0.5, 0.6) is 5.75 Å². The van der Waals surface area contributed by atoms with Gasteiger partial charge in [0.05, 0.1) is 11.1 Å². The molecule has 3 N–H and O–H groups in total. The number of carbonyl (C=O) groups is 4. The van der Waals surface area contributed by atoms with Crippen LogP contribution in [0.15, 0.2) is 42.5 Å². The lowest BCUT2D eigenvalue weighted by Crippen LogP contribution is -2.54. The van der Waals surface area contributed by atoms with Gasteiger partial charge >= 0.3 is 0 Å². The van der Waals surface area contributed by atoms with Gasteiger partial charge in [-0.05, 0) is 48.9 Å². The van der Waals surface area contributed by atoms with Crippen LogP contribution in [0.4, 0.5) is 11.4 Å². The number of hydrogen-bond acceptors (Lipinski definition) is 7. The minimum atomic E-state index is -0.959. The third-order valence-electron chi connectivity index (χ3n) is 6.41. The lowest BCUT2D eigenvalue weighted by molar-refractivity contribution is -0.136. The number of anilines is 2. The molecule has 2 aromatic rings. The number of carbonyl (C=O) groups excluding carboxylic acids is 4. The fourth-order valence-electron chi connectivity index (χ4n) is 4.63. The van der Waals surface area contributed by atoms with Crippen molar-refractivity contribution in [3.8, 4) is 5.75 Å². The van der Waals surface area contributed by atoms with E-state index >= 15 is 0 Å². The van der Waals surface area contributed by atoms with Gasteiger partial charge in [0.2, 0.25) is 11.8 Å². The maximum Gasteiger partial charge on any atom is 0.262 e. The smallest absolute Gasteiger partial charge is 0.262 e. The first-order valence-corrected chi connectivity index (χ1v) is 11.0. The second kappa shape index (κ2) is 8.23. The van der Waals surface area contributed by atoms with Crippen molar-refractivity contribution < 1.29 is 23.9 Å². The SMILES string of the molecule is Nc1ccc(OC2CCN(c3ccc4c(c3)C(=O)N(C3CCC(=O)NC3=O)C4=O)CC2)cc1. The second-order valence-electron chi connectivity index (χ2n) is 8.55. The van der Waals surface area contributed by atoms with E-state index in [1.165, 1.54) is 0 Å². The highest BCUT2D eigenvalue weighted by atomic mass is 16.5. The van der Waals surface area contributed by atoms with E-state index < -0.39 is 23.8 Å². The Morgan fingerprint density at radius 3 is 2.27 bits per heavy atom. The molecule has 5 rings (SSSR count). The summed E-state index contributed by atoms with van der Waals surface area (Å²) in [6.07, 6.45) is 1.96. The van der Waals surface area contributed by atoms with Crippen LogP contribution in [-0.4, -0.2) is 53.8 Å². The molecule has 1 atom stereocenters. The van der Waals surface area contributed by atoms with Gasteiger partial charge < -0.3 is 15.4 Å². The predicted molar refractivity (Wildman–Crippen MR) is 120 cm³/mol. The maximum atomic E-state index is 13.0. The highest BCUT2D eigenvalue weighted by Crippen LogP contribution is 2.32. The minimum absolute atomic E-state index is 0.0885. The number of nitrogens with one attached hydrogen (secondary N) is 1. The van der Waals surface area contributed by atoms with Crippen molar-refractivity contribution >= 4 is 35.0 Å². The van der Waals surface area contributed by atoms with Gasteiger partial charge in [-0.15, -0.1) is 0 Å². The summed E-state index contributed by atoms with van der Waals surface area (Å²) in [5.41, 5.74) is 7.85. The van der Waals surface area contributed by atoms with Gasteiger partial charge in [-0.3, -0.25) is 29.4 Å². The van der Waals surface area contributed by atoms with Crippen LogP contribution in [0.2, 0.25) is 0 Å². The molecule has 33 heavy (non-hydrogen) atoms. The lowest BCUT2D eigenvalue weighted by atomic mass is 10.0. The number of ether oxygens (including phenoxy) is 1. The number of fused-ring (bicyclic) bond motifs is 1. The molecular weight excluding hydrogens is 424 g/mol. The third-order valence-corrected chi connectivity index (χ3v) is 6.41. The first-order chi connectivity index (χ1) is 15.9. The Bertz CT molecular complexity index is 1140. The Morgan fingerprint density at radius 1 is 0.879 bits per heavy atom. The summed E-state index contributed by atoms with van der Waals surface area (Å²) in [5.74, 6) is -1.19. The zero-order valence-electron chi connectivity index (χ0n) is 18.0. The Kier molecular flexibility index (Phi) is 5.24. The molecule has 3 heterocycles. The molecule has 2 saturated heterocycles. The van der Waals surface area contributed by atoms with Crippen LogP contribution in [0, 0.1) is 0 Å². The molecule has 0 bridgehead atoms. The largest absolute Gasteiger partial charge is 0.490 e. The van der Waals surface area contributed by atoms with E-state index in [2.05, 4.69) is 10.2 Å². The molecule has 2 aromatic carbocycles. The summed E-state index contributed by atoms with van der Waals surface area (Å²) in [5, 5.41) is 2.21. The van der Waals surface area contributed by atoms with Crippen molar-refractivity contribution in [3.05, 3.63) is 53.6 Å². The van der Waals surface area contributed by atoms with E-state index in [1.807, 2.05) is 30.3 Å². The van der Waals surface area contributed by atoms with E-state index in [1.54, 1.807) is 12.1 Å². The summed E-state index contributed by atoms with van der Waals surface area (Å²) in [6, 6.07) is 11.6. The molecule has 4 amide bonds. The topological polar surface area (TPSA) is 122 Å². The number of nitrogens with zero attached hydrogens (tertiary/aromatic N) is 2. The van der Waals surface area contributed by atoms with E-state index in [0.29, 0.717) is 11.3 Å². The Hall–Kier alpha value is -3.88. The fraction of sp³-hybridized carbons (Fsp3) is 0.333. The number of piperidine rings is 2. The number of imide groups is 2. The molecule has 0 aromatic heterocycles. The predicted octanol–water partition coefficient (Wildman–Crippen LogP) is 1.72. The summed E-state index contributed by atoms with van der Waals surface area (Å²) in [6.45, 7) is 1.49. The molecule has 0 spiro atoms. The van der Waals surface area contributed by atoms with Crippen LogP contribution in [-0.2, 0) is 9.59 Å². The van der Waals surface area contributed by atoms with Gasteiger partial charge in [-0.25, -0.2) is 0 Å². The maximum absolute atomic E-state index is 13.0. The molecular formula is C24H24N4O5. The summed E-state index contributed by atoms with van der Waals surface area (Å²) < 4.78 is 6.05. The average molecular weight is 448 g/mol. The van der Waals surface area contributed by atoms with Gasteiger partial charge in [0.15, 0.2) is 0 Å². The van der Waals surface area contributed by atoms with E-state index in [9.17, 15) is 19.2 Å². The van der Waals surface area contributed by atoms with Crippen molar-refractivity contribution in [3.63, 3.8) is 0 Å². The van der Waals surface area contributed by atoms with Crippen molar-refractivity contribution in [1.82, 2.24) is 10.2 Å². The quantitative estimate of drug-likeness (QED) is 0.539. The van der Waals surface area contributed by atoms with Crippen LogP contribution in [0.3, 0.4) is 0 Å². The number of benzene rings is 2. The molecule has 3 aliphatic heterocycles. The molecule has 170 valence electrons. The Morgan fingerprint density at radius 2 is 1.58 bits per heavy atom. The first-order valence-electron chi connectivity index (χ1n) is 11.0. The highest BCUT2D eigenvalue weighted by Gasteiger charge is 2.44. The summed E-state index contributed by atoms with van der Waals surface area (Å²) in [4.78, 5) is 52.7.